The van der Waals surface area contributed by atoms with Crippen LogP contribution in [0.15, 0.2) is 9.59 Å². The second-order valence-electron chi connectivity index (χ2n) is 6.87. The van der Waals surface area contributed by atoms with Gasteiger partial charge in [0.25, 0.3) is 5.56 Å². The molecule has 4 saturated carbocycles. The van der Waals surface area contributed by atoms with Crippen molar-refractivity contribution in [3.8, 4) is 5.88 Å². The zero-order chi connectivity index (χ0) is 14.1. The van der Waals surface area contributed by atoms with E-state index in [9.17, 15) is 19.1 Å². The van der Waals surface area contributed by atoms with Crippen molar-refractivity contribution in [2.75, 3.05) is 0 Å². The fourth-order valence-electron chi connectivity index (χ4n) is 5.28. The molecule has 4 fully saturated rings. The van der Waals surface area contributed by atoms with Crippen LogP contribution in [0.3, 0.4) is 0 Å². The molecule has 0 radical (unpaired) electrons. The Morgan fingerprint density at radius 3 is 2.10 bits per heavy atom. The van der Waals surface area contributed by atoms with E-state index in [-0.39, 0.29) is 0 Å². The quantitative estimate of drug-likeness (QED) is 0.814. The lowest BCUT2D eigenvalue weighted by Crippen LogP contribution is -2.55. The Morgan fingerprint density at radius 1 is 1.10 bits per heavy atom. The number of aromatic amines is 1. The summed E-state index contributed by atoms with van der Waals surface area (Å²) in [5.41, 5.74) is -2.33. The largest absolute Gasteiger partial charge is 0.492 e. The molecule has 2 N–H and O–H groups in total. The van der Waals surface area contributed by atoms with Crippen LogP contribution in [-0.4, -0.2) is 14.7 Å². The Morgan fingerprint density at radius 2 is 1.60 bits per heavy atom. The predicted molar refractivity (Wildman–Crippen MR) is 69.1 cm³/mol. The van der Waals surface area contributed by atoms with Crippen LogP contribution in [0.2, 0.25) is 0 Å². The molecule has 0 amide bonds. The first kappa shape index (κ1) is 12.2. The fourth-order valence-corrected chi connectivity index (χ4v) is 5.28. The standard InChI is InChI=1S/C14H17FN2O3/c15-10-11(18)16-13(20)17(12(10)19)14-4-7-1-8(5-14)3-9(2-7)6-14/h7-9,19H,1-6H2,(H,16,18,20). The SMILES string of the molecule is O=c1[nH]c(=O)n(C23CC4CC(CC(C4)C2)C3)c(O)c1F. The van der Waals surface area contributed by atoms with E-state index < -0.39 is 28.5 Å². The highest BCUT2D eigenvalue weighted by Gasteiger charge is 2.53. The van der Waals surface area contributed by atoms with Crippen LogP contribution >= 0.6 is 0 Å². The van der Waals surface area contributed by atoms with Gasteiger partial charge in [0, 0.05) is 0 Å². The van der Waals surface area contributed by atoms with Gasteiger partial charge in [-0.15, -0.1) is 0 Å². The molecule has 0 saturated heterocycles. The summed E-state index contributed by atoms with van der Waals surface area (Å²) in [5.74, 6) is -0.367. The van der Waals surface area contributed by atoms with Crippen molar-refractivity contribution in [1.29, 1.82) is 0 Å². The Labute approximate surface area is 114 Å². The number of aromatic hydroxyl groups is 1. The summed E-state index contributed by atoms with van der Waals surface area (Å²) < 4.78 is 14.8. The van der Waals surface area contributed by atoms with Gasteiger partial charge in [0.2, 0.25) is 11.7 Å². The number of nitrogens with zero attached hydrogens (tertiary/aromatic N) is 1. The Bertz CT molecular complexity index is 655. The zero-order valence-corrected chi connectivity index (χ0v) is 11.1. The molecule has 6 heteroatoms. The van der Waals surface area contributed by atoms with E-state index in [2.05, 4.69) is 0 Å². The van der Waals surface area contributed by atoms with Crippen molar-refractivity contribution in [3.05, 3.63) is 26.7 Å². The van der Waals surface area contributed by atoms with E-state index >= 15 is 0 Å². The molecule has 0 atom stereocenters. The molecule has 5 rings (SSSR count). The van der Waals surface area contributed by atoms with E-state index in [0.717, 1.165) is 23.8 Å². The summed E-state index contributed by atoms with van der Waals surface area (Å²) in [7, 11) is 0. The molecule has 108 valence electrons. The van der Waals surface area contributed by atoms with Gasteiger partial charge in [-0.25, -0.2) is 4.79 Å². The van der Waals surface area contributed by atoms with Gasteiger partial charge >= 0.3 is 5.69 Å². The molecule has 5 nitrogen and oxygen atoms in total. The lowest BCUT2D eigenvalue weighted by molar-refractivity contribution is -0.0493. The number of aromatic nitrogens is 2. The van der Waals surface area contributed by atoms with Gasteiger partial charge in [-0.1, -0.05) is 0 Å². The number of halogens is 1. The highest BCUT2D eigenvalue weighted by molar-refractivity contribution is 5.16. The van der Waals surface area contributed by atoms with E-state index in [1.165, 1.54) is 19.3 Å². The van der Waals surface area contributed by atoms with E-state index in [0.29, 0.717) is 17.8 Å². The van der Waals surface area contributed by atoms with Crippen molar-refractivity contribution in [3.63, 3.8) is 0 Å². The van der Waals surface area contributed by atoms with Gasteiger partial charge in [0.15, 0.2) is 0 Å². The average Bonchev–Trinajstić information content (AvgIpc) is 2.34. The normalized spacial score (nSPS) is 38.4. The van der Waals surface area contributed by atoms with Gasteiger partial charge in [0.1, 0.15) is 0 Å². The molecule has 0 spiro atoms. The zero-order valence-electron chi connectivity index (χ0n) is 11.1. The van der Waals surface area contributed by atoms with Crippen LogP contribution in [-0.2, 0) is 5.54 Å². The summed E-state index contributed by atoms with van der Waals surface area (Å²) in [5, 5.41) is 9.99. The minimum Gasteiger partial charge on any atom is -0.492 e. The second-order valence-corrected chi connectivity index (χ2v) is 6.87. The highest BCUT2D eigenvalue weighted by atomic mass is 19.1. The first-order valence-electron chi connectivity index (χ1n) is 7.23. The molecule has 1 heterocycles. The fraction of sp³-hybridized carbons (Fsp3) is 0.714. The third-order valence-electron chi connectivity index (χ3n) is 5.51. The van der Waals surface area contributed by atoms with Crippen LogP contribution in [0.5, 0.6) is 5.88 Å². The number of H-pyrrole nitrogens is 1. The summed E-state index contributed by atoms with van der Waals surface area (Å²) >= 11 is 0. The van der Waals surface area contributed by atoms with Crippen LogP contribution in [0.4, 0.5) is 4.39 Å². The maximum atomic E-state index is 13.7. The minimum atomic E-state index is -1.25. The lowest BCUT2D eigenvalue weighted by atomic mass is 9.53. The number of nitrogens with one attached hydrogen (secondary N) is 1. The van der Waals surface area contributed by atoms with E-state index in [4.69, 9.17) is 0 Å². The third kappa shape index (κ3) is 1.47. The highest BCUT2D eigenvalue weighted by Crippen LogP contribution is 2.59. The molecule has 0 aromatic carbocycles. The number of hydrogen-bond acceptors (Lipinski definition) is 3. The molecule has 4 aliphatic carbocycles. The molecule has 1 aromatic rings. The summed E-state index contributed by atoms with van der Waals surface area (Å²) in [6.45, 7) is 0. The molecule has 0 unspecified atom stereocenters. The molecule has 20 heavy (non-hydrogen) atoms. The minimum absolute atomic E-state index is 0.499. The van der Waals surface area contributed by atoms with Gasteiger partial charge in [-0.3, -0.25) is 14.3 Å². The van der Waals surface area contributed by atoms with Gasteiger partial charge in [-0.05, 0) is 56.3 Å². The smallest absolute Gasteiger partial charge is 0.331 e. The molecule has 4 bridgehead atoms. The van der Waals surface area contributed by atoms with Crippen molar-refractivity contribution < 1.29 is 9.50 Å². The molecular weight excluding hydrogens is 263 g/mol. The first-order valence-corrected chi connectivity index (χ1v) is 7.23. The maximum absolute atomic E-state index is 13.7. The summed E-state index contributed by atoms with van der Waals surface area (Å²) in [4.78, 5) is 25.3. The van der Waals surface area contributed by atoms with Crippen molar-refractivity contribution >= 4 is 0 Å². The van der Waals surface area contributed by atoms with Crippen molar-refractivity contribution in [2.24, 2.45) is 17.8 Å². The van der Waals surface area contributed by atoms with E-state index in [1.807, 2.05) is 4.98 Å². The van der Waals surface area contributed by atoms with Gasteiger partial charge < -0.3 is 5.11 Å². The number of hydrogen-bond donors (Lipinski definition) is 2. The van der Waals surface area contributed by atoms with Crippen molar-refractivity contribution in [2.45, 2.75) is 44.1 Å². The molecule has 0 aliphatic heterocycles. The van der Waals surface area contributed by atoms with Gasteiger partial charge in [-0.2, -0.15) is 4.39 Å². The van der Waals surface area contributed by atoms with Gasteiger partial charge in [0.05, 0.1) is 5.54 Å². The average molecular weight is 280 g/mol. The predicted octanol–water partition coefficient (Wildman–Crippen LogP) is 1.31. The Kier molecular flexibility index (Phi) is 2.28. The first-order chi connectivity index (χ1) is 9.48. The summed E-state index contributed by atoms with van der Waals surface area (Å²) in [6, 6.07) is 0. The van der Waals surface area contributed by atoms with Crippen LogP contribution in [0.1, 0.15) is 38.5 Å². The number of rotatable bonds is 1. The monoisotopic (exact) mass is 280 g/mol. The topological polar surface area (TPSA) is 75.1 Å². The maximum Gasteiger partial charge on any atom is 0.331 e. The summed E-state index contributed by atoms with van der Waals surface area (Å²) in [6.07, 6.45) is 5.95. The Balaban J connectivity index is 1.92. The second kappa shape index (κ2) is 3.74. The van der Waals surface area contributed by atoms with Crippen LogP contribution in [0.25, 0.3) is 0 Å². The van der Waals surface area contributed by atoms with Crippen LogP contribution in [0, 0.1) is 23.6 Å². The Hall–Kier alpha value is -1.59. The van der Waals surface area contributed by atoms with Crippen molar-refractivity contribution in [1.82, 2.24) is 9.55 Å². The molecule has 4 aliphatic rings. The van der Waals surface area contributed by atoms with Crippen LogP contribution < -0.4 is 11.2 Å². The molecule has 1 aromatic heterocycles. The molecular formula is C14H17FN2O3. The van der Waals surface area contributed by atoms with E-state index in [1.54, 1.807) is 0 Å². The third-order valence-corrected chi connectivity index (χ3v) is 5.51. The lowest BCUT2D eigenvalue weighted by Gasteiger charge is -2.57.